The molecule has 0 fully saturated rings. The Morgan fingerprint density at radius 2 is 0.479 bits per heavy atom. The molecule has 4 heterocycles. The van der Waals surface area contributed by atoms with Gasteiger partial charge in [-0.1, -0.05) is 257 Å². The Kier molecular flexibility index (Phi) is 23.4. The topological polar surface area (TPSA) is 51.6 Å². The van der Waals surface area contributed by atoms with E-state index >= 15 is 0 Å². The fourth-order valence-electron chi connectivity index (χ4n) is 11.4. The molecule has 0 atom stereocenters. The van der Waals surface area contributed by atoms with Crippen molar-refractivity contribution in [1.29, 1.82) is 0 Å². The molecule has 10 heteroatoms. The Labute approximate surface area is 611 Å². The number of hydrogen-bond donors (Lipinski definition) is 0. The van der Waals surface area contributed by atoms with E-state index in [1.54, 1.807) is 0 Å². The van der Waals surface area contributed by atoms with Gasteiger partial charge in [0.2, 0.25) is 0 Å². The van der Waals surface area contributed by atoms with Gasteiger partial charge in [0.1, 0.15) is 0 Å². The van der Waals surface area contributed by atoms with Crippen LogP contribution in [-0.2, 0) is 40.2 Å². The van der Waals surface area contributed by atoms with E-state index in [1.165, 1.54) is 27.8 Å². The van der Waals surface area contributed by atoms with E-state index in [0.717, 1.165) is 135 Å². The third-order valence-electron chi connectivity index (χ3n) is 15.6. The minimum atomic E-state index is 0. The Morgan fingerprint density at radius 3 is 0.681 bits per heavy atom. The van der Waals surface area contributed by atoms with Crippen molar-refractivity contribution < 1.29 is 40.2 Å². The molecule has 0 amide bonds. The first kappa shape index (κ1) is 68.4. The fourth-order valence-corrected chi connectivity index (χ4v) is 12.8. The van der Waals surface area contributed by atoms with Gasteiger partial charge in [-0.15, -0.1) is 132 Å². The van der Waals surface area contributed by atoms with Crippen LogP contribution in [0.4, 0.5) is 0 Å². The van der Waals surface area contributed by atoms with Gasteiger partial charge >= 0.3 is 20.1 Å². The summed E-state index contributed by atoms with van der Waals surface area (Å²) in [5.41, 5.74) is 27.6. The molecule has 1 radical (unpaired) electrons. The van der Waals surface area contributed by atoms with Crippen molar-refractivity contribution in [1.82, 2.24) is 19.9 Å². The van der Waals surface area contributed by atoms with E-state index in [4.69, 9.17) is 15.0 Å². The zero-order valence-corrected chi connectivity index (χ0v) is 61.8. The van der Waals surface area contributed by atoms with Crippen molar-refractivity contribution >= 4 is 63.7 Å². The zero-order valence-electron chi connectivity index (χ0n) is 50.7. The summed E-state index contributed by atoms with van der Waals surface area (Å²) in [4.78, 5) is 19.4. The molecule has 457 valence electrons. The number of aromatic nitrogens is 4. The van der Waals surface area contributed by atoms with Crippen LogP contribution in [0.2, 0.25) is 0 Å². The molecule has 10 aromatic carbocycles. The van der Waals surface area contributed by atoms with Crippen LogP contribution in [0, 0.1) is 51.0 Å². The van der Waals surface area contributed by atoms with Crippen LogP contribution in [-0.4, -0.2) is 19.9 Å². The Balaban J connectivity index is 0.000000260. The molecule has 4 aromatic heterocycles. The van der Waals surface area contributed by atoms with Crippen molar-refractivity contribution in [3.8, 4) is 147 Å². The van der Waals surface area contributed by atoms with E-state index in [-0.39, 0.29) is 40.2 Å². The second kappa shape index (κ2) is 32.1. The molecule has 0 saturated heterocycles. The summed E-state index contributed by atoms with van der Waals surface area (Å²) in [7, 11) is 0. The first-order chi connectivity index (χ1) is 45.0. The summed E-state index contributed by atoms with van der Waals surface area (Å²) in [6, 6.07) is 102. The summed E-state index contributed by atoms with van der Waals surface area (Å²) in [6.07, 6.45) is 15.8. The van der Waals surface area contributed by atoms with Crippen LogP contribution >= 0.6 is 63.7 Å². The van der Waals surface area contributed by atoms with Crippen LogP contribution in [0.25, 0.3) is 134 Å². The van der Waals surface area contributed by atoms with E-state index < -0.39 is 0 Å². The molecule has 4 nitrogen and oxygen atoms in total. The van der Waals surface area contributed by atoms with E-state index in [2.05, 4.69) is 302 Å². The van der Waals surface area contributed by atoms with Crippen LogP contribution in [0.15, 0.2) is 297 Å². The number of halogens is 4. The maximum absolute atomic E-state index is 4.91. The fraction of sp³-hybridized carbons (Fsp3) is 0.0238. The molecule has 0 aliphatic rings. The van der Waals surface area contributed by atoms with Gasteiger partial charge in [0.25, 0.3) is 0 Å². The molecule has 0 aliphatic heterocycles. The third kappa shape index (κ3) is 16.2. The smallest absolute Gasteiger partial charge is 0.304 e. The Hall–Kier alpha value is -8.42. The quantitative estimate of drug-likeness (QED) is 0.0903. The van der Waals surface area contributed by atoms with Crippen molar-refractivity contribution in [2.45, 2.75) is 13.8 Å². The molecule has 0 bridgehead atoms. The standard InChI is InChI=1S/C57H33Br3N3.C25H19BrN.C2H2.2Ir/c58-46-13-7-10-37(31-46)55-25-22-40(34-61-55)49-16-1-4-19-52(49)43-28-44(53-20-5-2-17-50(53)41-23-26-56(62-35-41)38-11-8-14-47(59)32-38)30-45(29-43)54-21-6-3-18-51(54)42-24-27-57(63-36-42)39-12-9-15-48(60)33-39;1-17-12-18(2)14-21(13-17)24-9-4-3-8-23(24)20-10-11-25(27-16-20)19-6-5-7-22(26)15-19;1-2;;/h1-9,13-36H;3-5,7-16H,1-2H3;1-2H;;/q-3;-1;;;+3. The zero-order chi connectivity index (χ0) is 63.5. The molecule has 14 aromatic rings. The molecular formula is C84H54Br4Ir2N4-. The van der Waals surface area contributed by atoms with Gasteiger partial charge in [-0.2, -0.15) is 0 Å². The average molecular weight is 1820 g/mol. The second-order valence-electron chi connectivity index (χ2n) is 21.8. The molecule has 0 aliphatic carbocycles. The summed E-state index contributed by atoms with van der Waals surface area (Å²) >= 11 is 14.3. The van der Waals surface area contributed by atoms with Crippen LogP contribution in [0.1, 0.15) is 11.1 Å². The number of nitrogens with zero attached hydrogens (tertiary/aromatic N) is 4. The Morgan fingerprint density at radius 1 is 0.266 bits per heavy atom. The maximum atomic E-state index is 4.91. The maximum Gasteiger partial charge on any atom is 3.00 e. The molecule has 0 saturated carbocycles. The third-order valence-corrected chi connectivity index (χ3v) is 17.5. The van der Waals surface area contributed by atoms with Crippen LogP contribution in [0.5, 0.6) is 0 Å². The van der Waals surface area contributed by atoms with Gasteiger partial charge in [-0.05, 0) is 144 Å². The largest absolute Gasteiger partial charge is 3.00 e. The van der Waals surface area contributed by atoms with Gasteiger partial charge in [0.15, 0.2) is 0 Å². The van der Waals surface area contributed by atoms with Crippen molar-refractivity contribution in [3.63, 3.8) is 0 Å². The van der Waals surface area contributed by atoms with E-state index in [9.17, 15) is 0 Å². The van der Waals surface area contributed by atoms with Crippen LogP contribution in [0.3, 0.4) is 0 Å². The van der Waals surface area contributed by atoms with Gasteiger partial charge < -0.3 is 19.9 Å². The molecule has 0 unspecified atom stereocenters. The summed E-state index contributed by atoms with van der Waals surface area (Å²) in [5.74, 6) is 0. The van der Waals surface area contributed by atoms with Gasteiger partial charge in [0.05, 0.1) is 0 Å². The minimum Gasteiger partial charge on any atom is -0.304 e. The number of aryl methyl sites for hydroxylation is 2. The SMILES string of the molecule is Brc1cc[c-]c(-c2ccc(-c3ccccc3-c3cc(-c4ccccc4-c4ccc(-c5[c-]ccc(Br)c5)nc4)cc(-c4ccccc4-c4ccc(-c5[c-]ccc(Br)c5)nc4)c3)cn2)c1.C#C.Cc1cc(C)cc(-c2ccccc2-c2ccc(-c3[c-]ccc(Br)c3)nc2)c1.[Ir+3].[Ir]. The van der Waals surface area contributed by atoms with Gasteiger partial charge in [-0.3, -0.25) is 0 Å². The molecule has 0 N–H and O–H groups in total. The number of benzene rings is 10. The molecule has 94 heavy (non-hydrogen) atoms. The first-order valence-corrected chi connectivity index (χ1v) is 32.7. The number of rotatable bonds is 12. The summed E-state index contributed by atoms with van der Waals surface area (Å²) in [6.45, 7) is 4.29. The second-order valence-corrected chi connectivity index (χ2v) is 25.4. The summed E-state index contributed by atoms with van der Waals surface area (Å²) < 4.78 is 4.01. The molecule has 14 rings (SSSR count). The average Bonchev–Trinajstić information content (AvgIpc) is 0.783. The number of hydrogen-bond acceptors (Lipinski definition) is 4. The van der Waals surface area contributed by atoms with E-state index in [0.29, 0.717) is 0 Å². The van der Waals surface area contributed by atoms with Crippen LogP contribution < -0.4 is 0 Å². The summed E-state index contributed by atoms with van der Waals surface area (Å²) in [5, 5.41) is 0. The monoisotopic (exact) mass is 1820 g/mol. The van der Waals surface area contributed by atoms with Crippen molar-refractivity contribution in [2.24, 2.45) is 0 Å². The molecule has 0 spiro atoms. The number of terminal acetylenes is 1. The van der Waals surface area contributed by atoms with Crippen molar-refractivity contribution in [3.05, 3.63) is 333 Å². The number of pyridine rings is 4. The normalized spacial score (nSPS) is 10.6. The minimum absolute atomic E-state index is 0. The van der Waals surface area contributed by atoms with Crippen molar-refractivity contribution in [2.75, 3.05) is 0 Å². The first-order valence-electron chi connectivity index (χ1n) is 29.5. The van der Waals surface area contributed by atoms with Gasteiger partial charge in [0, 0.05) is 44.9 Å². The predicted molar refractivity (Wildman–Crippen MR) is 395 cm³/mol. The van der Waals surface area contributed by atoms with Gasteiger partial charge in [-0.25, -0.2) is 0 Å². The molecular weight excluding hydrogens is 1770 g/mol. The van der Waals surface area contributed by atoms with E-state index in [1.807, 2.05) is 97.6 Å². The predicted octanol–water partition coefficient (Wildman–Crippen LogP) is 24.1. The Bertz CT molecular complexity index is 4580.